The van der Waals surface area contributed by atoms with Crippen molar-refractivity contribution in [3.05, 3.63) is 12.4 Å². The average molecular weight is 205 g/mol. The van der Waals surface area contributed by atoms with Gasteiger partial charge in [-0.2, -0.15) is 4.52 Å². The smallest absolute Gasteiger partial charge is 0.199 e. The fourth-order valence-electron chi connectivity index (χ4n) is 1.76. The minimum absolute atomic E-state index is 0.432. The molecule has 78 valence electrons. The van der Waals surface area contributed by atoms with E-state index in [1.807, 2.05) is 0 Å². The number of rotatable bonds is 2. The van der Waals surface area contributed by atoms with Gasteiger partial charge in [0.1, 0.15) is 0 Å². The standard InChI is InChI=1S/C8H11N7/c1-2-9-3-6(1)11-7-4-10-5-8-12-13-14-15(7)8/h4-6,9,11H,1-3H2. The zero-order chi connectivity index (χ0) is 10.1. The van der Waals surface area contributed by atoms with Crippen LogP contribution < -0.4 is 10.6 Å². The van der Waals surface area contributed by atoms with Crippen LogP contribution in [-0.2, 0) is 0 Å². The Morgan fingerprint density at radius 3 is 3.33 bits per heavy atom. The highest BCUT2D eigenvalue weighted by molar-refractivity contribution is 5.44. The van der Waals surface area contributed by atoms with Crippen LogP contribution in [0.5, 0.6) is 0 Å². The summed E-state index contributed by atoms with van der Waals surface area (Å²) in [6.45, 7) is 2.02. The Balaban J connectivity index is 1.92. The first-order chi connectivity index (χ1) is 7.43. The Bertz CT molecular complexity index is 459. The van der Waals surface area contributed by atoms with E-state index in [0.29, 0.717) is 11.7 Å². The van der Waals surface area contributed by atoms with Crippen LogP contribution >= 0.6 is 0 Å². The van der Waals surface area contributed by atoms with E-state index in [1.165, 1.54) is 0 Å². The van der Waals surface area contributed by atoms with Crippen molar-refractivity contribution in [1.82, 2.24) is 30.3 Å². The third-order valence-corrected chi connectivity index (χ3v) is 2.52. The highest BCUT2D eigenvalue weighted by atomic mass is 15.5. The monoisotopic (exact) mass is 205 g/mol. The number of anilines is 1. The molecule has 2 N–H and O–H groups in total. The molecule has 0 aromatic carbocycles. The lowest BCUT2D eigenvalue weighted by atomic mass is 10.3. The van der Waals surface area contributed by atoms with Crippen molar-refractivity contribution in [3.8, 4) is 0 Å². The zero-order valence-corrected chi connectivity index (χ0v) is 8.09. The molecule has 0 amide bonds. The van der Waals surface area contributed by atoms with Gasteiger partial charge in [-0.3, -0.25) is 4.98 Å². The van der Waals surface area contributed by atoms with E-state index in [0.717, 1.165) is 25.3 Å². The van der Waals surface area contributed by atoms with E-state index in [-0.39, 0.29) is 0 Å². The molecule has 0 saturated carbocycles. The summed E-state index contributed by atoms with van der Waals surface area (Å²) in [5, 5.41) is 18.0. The van der Waals surface area contributed by atoms with E-state index >= 15 is 0 Å². The number of nitrogens with one attached hydrogen (secondary N) is 2. The molecule has 0 aliphatic carbocycles. The Hall–Kier alpha value is -1.76. The van der Waals surface area contributed by atoms with Crippen molar-refractivity contribution < 1.29 is 0 Å². The second-order valence-corrected chi connectivity index (χ2v) is 3.58. The van der Waals surface area contributed by atoms with E-state index in [4.69, 9.17) is 0 Å². The van der Waals surface area contributed by atoms with Crippen molar-refractivity contribution in [2.75, 3.05) is 18.4 Å². The van der Waals surface area contributed by atoms with Crippen molar-refractivity contribution >= 4 is 11.5 Å². The maximum absolute atomic E-state index is 4.08. The number of fused-ring (bicyclic) bond motifs is 1. The topological polar surface area (TPSA) is 80.0 Å². The van der Waals surface area contributed by atoms with Crippen molar-refractivity contribution in [1.29, 1.82) is 0 Å². The summed E-state index contributed by atoms with van der Waals surface area (Å²) in [6, 6.07) is 0.432. The van der Waals surface area contributed by atoms with Gasteiger partial charge in [-0.1, -0.05) is 0 Å². The molecule has 15 heavy (non-hydrogen) atoms. The first-order valence-electron chi connectivity index (χ1n) is 4.93. The zero-order valence-electron chi connectivity index (χ0n) is 8.09. The molecule has 0 spiro atoms. The van der Waals surface area contributed by atoms with Gasteiger partial charge < -0.3 is 10.6 Å². The molecule has 3 heterocycles. The molecule has 3 rings (SSSR count). The van der Waals surface area contributed by atoms with E-state index in [1.54, 1.807) is 16.9 Å². The first kappa shape index (κ1) is 8.54. The third kappa shape index (κ3) is 1.50. The number of hydrogen-bond acceptors (Lipinski definition) is 6. The minimum atomic E-state index is 0.432. The summed E-state index contributed by atoms with van der Waals surface area (Å²) < 4.78 is 1.66. The first-order valence-corrected chi connectivity index (χ1v) is 4.93. The van der Waals surface area contributed by atoms with Gasteiger partial charge in [0.05, 0.1) is 12.4 Å². The largest absolute Gasteiger partial charge is 0.365 e. The van der Waals surface area contributed by atoms with E-state index < -0.39 is 0 Å². The van der Waals surface area contributed by atoms with Gasteiger partial charge in [-0.05, 0) is 23.4 Å². The van der Waals surface area contributed by atoms with Gasteiger partial charge in [-0.25, -0.2) is 0 Å². The number of aromatic nitrogens is 5. The molecule has 0 radical (unpaired) electrons. The van der Waals surface area contributed by atoms with E-state index in [9.17, 15) is 0 Å². The normalized spacial score (nSPS) is 20.9. The molecule has 2 aromatic heterocycles. The summed E-state index contributed by atoms with van der Waals surface area (Å²) in [5.41, 5.74) is 0.658. The summed E-state index contributed by atoms with van der Waals surface area (Å²) in [7, 11) is 0. The molecule has 1 saturated heterocycles. The molecule has 2 aromatic rings. The van der Waals surface area contributed by atoms with Crippen LogP contribution in [-0.4, -0.2) is 44.2 Å². The summed E-state index contributed by atoms with van der Waals surface area (Å²) in [6.07, 6.45) is 4.48. The van der Waals surface area contributed by atoms with Crippen LogP contribution in [0.2, 0.25) is 0 Å². The lowest BCUT2D eigenvalue weighted by molar-refractivity contribution is 0.760. The quantitative estimate of drug-likeness (QED) is 0.674. The SMILES string of the molecule is c1ncc2nnnn2c1NC1CCNC1. The second kappa shape index (κ2) is 3.43. The highest BCUT2D eigenvalue weighted by Gasteiger charge is 2.15. The second-order valence-electron chi connectivity index (χ2n) is 3.58. The molecule has 1 aliphatic rings. The molecular formula is C8H11N7. The molecule has 7 heteroatoms. The lowest BCUT2D eigenvalue weighted by Gasteiger charge is -2.12. The Labute approximate surface area is 85.9 Å². The van der Waals surface area contributed by atoms with Crippen LogP contribution in [0.15, 0.2) is 12.4 Å². The van der Waals surface area contributed by atoms with Gasteiger partial charge in [0, 0.05) is 12.6 Å². The molecule has 1 fully saturated rings. The van der Waals surface area contributed by atoms with Gasteiger partial charge in [0.25, 0.3) is 0 Å². The Kier molecular flexibility index (Phi) is 1.95. The van der Waals surface area contributed by atoms with Crippen LogP contribution in [0, 0.1) is 0 Å². The van der Waals surface area contributed by atoms with Gasteiger partial charge >= 0.3 is 0 Å². The maximum atomic E-state index is 4.08. The van der Waals surface area contributed by atoms with Crippen LogP contribution in [0.3, 0.4) is 0 Å². The lowest BCUT2D eigenvalue weighted by Crippen LogP contribution is -2.23. The summed E-state index contributed by atoms with van der Waals surface area (Å²) in [5.74, 6) is 0.839. The molecule has 0 bridgehead atoms. The van der Waals surface area contributed by atoms with Crippen LogP contribution in [0.25, 0.3) is 5.65 Å². The van der Waals surface area contributed by atoms with Gasteiger partial charge in [0.2, 0.25) is 0 Å². The Morgan fingerprint density at radius 2 is 2.47 bits per heavy atom. The van der Waals surface area contributed by atoms with E-state index in [2.05, 4.69) is 31.1 Å². The van der Waals surface area contributed by atoms with Crippen molar-refractivity contribution in [2.45, 2.75) is 12.5 Å². The number of hydrogen-bond donors (Lipinski definition) is 2. The fourth-order valence-corrected chi connectivity index (χ4v) is 1.76. The van der Waals surface area contributed by atoms with Crippen LogP contribution in [0.1, 0.15) is 6.42 Å². The average Bonchev–Trinajstić information content (AvgIpc) is 2.87. The minimum Gasteiger partial charge on any atom is -0.365 e. The molecule has 1 aliphatic heterocycles. The van der Waals surface area contributed by atoms with Crippen LogP contribution in [0.4, 0.5) is 5.82 Å². The van der Waals surface area contributed by atoms with Crippen molar-refractivity contribution in [3.63, 3.8) is 0 Å². The maximum Gasteiger partial charge on any atom is 0.199 e. The summed E-state index contributed by atoms with van der Waals surface area (Å²) in [4.78, 5) is 4.08. The Morgan fingerprint density at radius 1 is 1.47 bits per heavy atom. The van der Waals surface area contributed by atoms with Gasteiger partial charge in [0.15, 0.2) is 11.5 Å². The third-order valence-electron chi connectivity index (χ3n) is 2.52. The predicted octanol–water partition coefficient (Wildman–Crippen LogP) is -0.707. The molecule has 7 nitrogen and oxygen atoms in total. The fraction of sp³-hybridized carbons (Fsp3) is 0.500. The van der Waals surface area contributed by atoms with Gasteiger partial charge in [-0.15, -0.1) is 5.10 Å². The number of tetrazole rings is 1. The summed E-state index contributed by atoms with van der Waals surface area (Å²) >= 11 is 0. The van der Waals surface area contributed by atoms with Crippen molar-refractivity contribution in [2.24, 2.45) is 0 Å². The predicted molar refractivity (Wildman–Crippen MR) is 53.5 cm³/mol. The molecule has 1 atom stereocenters. The number of nitrogens with zero attached hydrogens (tertiary/aromatic N) is 5. The highest BCUT2D eigenvalue weighted by Crippen LogP contribution is 2.10. The molecule has 1 unspecified atom stereocenters. The molecular weight excluding hydrogens is 194 g/mol.